The van der Waals surface area contributed by atoms with Crippen LogP contribution in [0.4, 0.5) is 5.13 Å². The Morgan fingerprint density at radius 3 is 2.83 bits per heavy atom. The molecule has 2 rings (SSSR count). The smallest absolute Gasteiger partial charge is 0.185 e. The molecule has 1 aromatic heterocycles. The molecule has 0 bridgehead atoms. The molecule has 0 aliphatic heterocycles. The summed E-state index contributed by atoms with van der Waals surface area (Å²) < 4.78 is 0. The molecule has 1 heterocycles. The van der Waals surface area contributed by atoms with Crippen LogP contribution in [0.25, 0.3) is 0 Å². The lowest BCUT2D eigenvalue weighted by Crippen LogP contribution is -2.16. The third kappa shape index (κ3) is 3.09. The van der Waals surface area contributed by atoms with Crippen molar-refractivity contribution in [2.24, 2.45) is 0 Å². The molecule has 1 N–H and O–H groups in total. The number of aromatic nitrogens is 1. The minimum atomic E-state index is 0.885. The van der Waals surface area contributed by atoms with Gasteiger partial charge in [-0.3, -0.25) is 0 Å². The Morgan fingerprint density at radius 1 is 1.33 bits per heavy atom. The summed E-state index contributed by atoms with van der Waals surface area (Å²) in [6.45, 7) is 3.94. The van der Waals surface area contributed by atoms with Gasteiger partial charge in [-0.05, 0) is 25.1 Å². The number of anilines is 1. The number of hydrogen-bond donors (Lipinski definition) is 1. The highest BCUT2D eigenvalue weighted by Crippen LogP contribution is 2.23. The van der Waals surface area contributed by atoms with Gasteiger partial charge in [0.2, 0.25) is 0 Å². The Kier molecular flexibility index (Phi) is 4.33. The molecule has 0 fully saturated rings. The summed E-state index contributed by atoms with van der Waals surface area (Å²) in [5.74, 6) is 0. The third-order valence-corrected chi connectivity index (χ3v) is 4.00. The summed E-state index contributed by atoms with van der Waals surface area (Å²) in [4.78, 5) is 7.93. The number of benzene rings is 1. The highest BCUT2D eigenvalue weighted by Gasteiger charge is 2.08. The van der Waals surface area contributed by atoms with Crippen molar-refractivity contribution in [1.29, 1.82) is 0 Å². The molecule has 0 unspecified atom stereocenters. The van der Waals surface area contributed by atoms with Crippen LogP contribution in [0, 0.1) is 6.92 Å². The van der Waals surface area contributed by atoms with Gasteiger partial charge in [0, 0.05) is 31.2 Å². The molecule has 4 heteroatoms. The highest BCUT2D eigenvalue weighted by molar-refractivity contribution is 7.15. The van der Waals surface area contributed by atoms with Crippen LogP contribution in [0.1, 0.15) is 16.0 Å². The lowest BCUT2D eigenvalue weighted by atomic mass is 10.1. The number of thiazole rings is 1. The van der Waals surface area contributed by atoms with Crippen LogP contribution in [-0.4, -0.2) is 19.1 Å². The van der Waals surface area contributed by atoms with Crippen LogP contribution in [-0.2, 0) is 13.1 Å². The largest absolute Gasteiger partial charge is 0.347 e. The molecular formula is C14H19N3S. The minimum absolute atomic E-state index is 0.885. The topological polar surface area (TPSA) is 28.2 Å². The van der Waals surface area contributed by atoms with E-state index in [1.54, 1.807) is 11.3 Å². The van der Waals surface area contributed by atoms with E-state index in [9.17, 15) is 0 Å². The molecule has 2 aromatic rings. The van der Waals surface area contributed by atoms with Crippen LogP contribution in [0.2, 0.25) is 0 Å². The zero-order valence-corrected chi connectivity index (χ0v) is 11.9. The monoisotopic (exact) mass is 261 g/mol. The van der Waals surface area contributed by atoms with Gasteiger partial charge in [0.05, 0.1) is 0 Å². The number of nitrogens with one attached hydrogen (secondary N) is 1. The van der Waals surface area contributed by atoms with Gasteiger partial charge in [0.15, 0.2) is 5.13 Å². The van der Waals surface area contributed by atoms with Gasteiger partial charge in [-0.1, -0.05) is 24.3 Å². The number of nitrogens with zero attached hydrogens (tertiary/aromatic N) is 2. The predicted octanol–water partition coefficient (Wildman–Crippen LogP) is 2.81. The fourth-order valence-electron chi connectivity index (χ4n) is 1.84. The van der Waals surface area contributed by atoms with E-state index >= 15 is 0 Å². The molecule has 0 amide bonds. The second-order valence-electron chi connectivity index (χ2n) is 4.42. The second kappa shape index (κ2) is 5.98. The lowest BCUT2D eigenvalue weighted by molar-refractivity contribution is 0.829. The van der Waals surface area contributed by atoms with E-state index in [0.29, 0.717) is 0 Å². The van der Waals surface area contributed by atoms with Gasteiger partial charge in [-0.2, -0.15) is 0 Å². The molecule has 0 saturated heterocycles. The Labute approximate surface area is 112 Å². The molecule has 96 valence electrons. The molecular weight excluding hydrogens is 242 g/mol. The standard InChI is InChI=1S/C14H19N3S/c1-11-6-4-5-7-12(11)10-17(3)14-16-9-13(18-14)8-15-2/h4-7,9,15H,8,10H2,1-3H3. The van der Waals surface area contributed by atoms with Crippen molar-refractivity contribution >= 4 is 16.5 Å². The zero-order chi connectivity index (χ0) is 13.0. The molecule has 0 aliphatic rings. The Bertz CT molecular complexity index is 507. The van der Waals surface area contributed by atoms with Crippen LogP contribution < -0.4 is 10.2 Å². The SMILES string of the molecule is CNCc1cnc(N(C)Cc2ccccc2C)s1. The van der Waals surface area contributed by atoms with Crippen molar-refractivity contribution in [3.8, 4) is 0 Å². The van der Waals surface area contributed by atoms with Gasteiger partial charge in [-0.15, -0.1) is 11.3 Å². The molecule has 0 atom stereocenters. The van der Waals surface area contributed by atoms with Crippen molar-refractivity contribution in [2.75, 3.05) is 19.0 Å². The van der Waals surface area contributed by atoms with Crippen molar-refractivity contribution in [2.45, 2.75) is 20.0 Å². The van der Waals surface area contributed by atoms with E-state index in [0.717, 1.165) is 18.2 Å². The van der Waals surface area contributed by atoms with Gasteiger partial charge >= 0.3 is 0 Å². The quantitative estimate of drug-likeness (QED) is 0.897. The van der Waals surface area contributed by atoms with E-state index in [1.807, 2.05) is 13.2 Å². The minimum Gasteiger partial charge on any atom is -0.347 e. The highest BCUT2D eigenvalue weighted by atomic mass is 32.1. The predicted molar refractivity (Wildman–Crippen MR) is 78.2 cm³/mol. The summed E-state index contributed by atoms with van der Waals surface area (Å²) in [6.07, 6.45) is 1.95. The van der Waals surface area contributed by atoms with Gasteiger partial charge in [0.1, 0.15) is 0 Å². The molecule has 1 aromatic carbocycles. The average molecular weight is 261 g/mol. The number of rotatable bonds is 5. The average Bonchev–Trinajstić information content (AvgIpc) is 2.81. The van der Waals surface area contributed by atoms with Crippen molar-refractivity contribution in [3.63, 3.8) is 0 Å². The van der Waals surface area contributed by atoms with Crippen LogP contribution in [0.3, 0.4) is 0 Å². The zero-order valence-electron chi connectivity index (χ0n) is 11.1. The summed E-state index contributed by atoms with van der Waals surface area (Å²) in [7, 11) is 4.05. The maximum absolute atomic E-state index is 4.46. The summed E-state index contributed by atoms with van der Waals surface area (Å²) in [6, 6.07) is 8.49. The molecule has 0 spiro atoms. The number of aryl methyl sites for hydroxylation is 1. The van der Waals surface area contributed by atoms with Gasteiger partial charge in [-0.25, -0.2) is 4.98 Å². The first-order chi connectivity index (χ1) is 8.70. The molecule has 0 radical (unpaired) electrons. The fourth-order valence-corrected chi connectivity index (χ4v) is 2.72. The summed E-state index contributed by atoms with van der Waals surface area (Å²) >= 11 is 1.74. The second-order valence-corrected chi connectivity index (χ2v) is 5.52. The first-order valence-electron chi connectivity index (χ1n) is 6.05. The number of hydrogen-bond acceptors (Lipinski definition) is 4. The Balaban J connectivity index is 2.07. The van der Waals surface area contributed by atoms with E-state index in [1.165, 1.54) is 16.0 Å². The maximum Gasteiger partial charge on any atom is 0.185 e. The molecule has 3 nitrogen and oxygen atoms in total. The summed E-state index contributed by atoms with van der Waals surface area (Å²) in [5, 5.41) is 4.22. The van der Waals surface area contributed by atoms with Crippen LogP contribution >= 0.6 is 11.3 Å². The van der Waals surface area contributed by atoms with Crippen molar-refractivity contribution in [3.05, 3.63) is 46.5 Å². The van der Waals surface area contributed by atoms with Crippen LogP contribution in [0.15, 0.2) is 30.5 Å². The first-order valence-corrected chi connectivity index (χ1v) is 6.87. The van der Waals surface area contributed by atoms with E-state index < -0.39 is 0 Å². The third-order valence-electron chi connectivity index (χ3n) is 2.89. The fraction of sp³-hybridized carbons (Fsp3) is 0.357. The van der Waals surface area contributed by atoms with Gasteiger partial charge < -0.3 is 10.2 Å². The first kappa shape index (κ1) is 13.1. The van der Waals surface area contributed by atoms with Gasteiger partial charge in [0.25, 0.3) is 0 Å². The van der Waals surface area contributed by atoms with E-state index in [-0.39, 0.29) is 0 Å². The van der Waals surface area contributed by atoms with E-state index in [2.05, 4.69) is 53.4 Å². The van der Waals surface area contributed by atoms with Crippen molar-refractivity contribution in [1.82, 2.24) is 10.3 Å². The normalized spacial score (nSPS) is 10.6. The van der Waals surface area contributed by atoms with Crippen LogP contribution in [0.5, 0.6) is 0 Å². The van der Waals surface area contributed by atoms with Crippen molar-refractivity contribution < 1.29 is 0 Å². The molecule has 0 saturated carbocycles. The Hall–Kier alpha value is -1.39. The summed E-state index contributed by atoms with van der Waals surface area (Å²) in [5.41, 5.74) is 2.68. The van der Waals surface area contributed by atoms with E-state index in [4.69, 9.17) is 0 Å². The maximum atomic E-state index is 4.46. The Morgan fingerprint density at radius 2 is 2.11 bits per heavy atom. The molecule has 0 aliphatic carbocycles. The lowest BCUT2D eigenvalue weighted by Gasteiger charge is -2.17. The molecule has 18 heavy (non-hydrogen) atoms.